The summed E-state index contributed by atoms with van der Waals surface area (Å²) in [5.74, 6) is 1.89. The standard InChI is InChI=1S/C53H41N5S/c1-52(2)25-26-53(3,4)42-31-46-37(28-41(42)52)39-30-45-38(29-44(39)57(46)34-17-9-6-10-18-34)35-19-11-13-21-43(35)58(45)51-55-49(32-15-7-5-8-16-32)54-50(56-51)33-23-24-48-40(27-33)36-20-12-14-22-47(36)59-48/h5-24,27-31H,25-26H2,1-4H3. The number of para-hydroxylation sites is 2. The SMILES string of the molecule is CC1(C)CCC(C)(C)c2cc3c(cc21)c1cc2c(cc1n3-c1ccccc1)c1ccccc1n2-c1nc(-c2ccccc2)nc(-c2ccc3sc4ccccc4c3c2)n1. The van der Waals surface area contributed by atoms with Gasteiger partial charge in [0.05, 0.1) is 22.1 Å². The second-order valence-electron chi connectivity index (χ2n) is 17.6. The highest BCUT2D eigenvalue weighted by Gasteiger charge is 2.38. The van der Waals surface area contributed by atoms with E-state index < -0.39 is 0 Å². The van der Waals surface area contributed by atoms with Crippen LogP contribution in [0.2, 0.25) is 0 Å². The monoisotopic (exact) mass is 779 g/mol. The maximum Gasteiger partial charge on any atom is 0.238 e. The van der Waals surface area contributed by atoms with Crippen LogP contribution in [0.5, 0.6) is 0 Å². The maximum absolute atomic E-state index is 5.37. The van der Waals surface area contributed by atoms with Gasteiger partial charge < -0.3 is 4.57 Å². The fourth-order valence-electron chi connectivity index (χ4n) is 9.78. The molecular weight excluding hydrogens is 739 g/mol. The molecule has 0 aliphatic heterocycles. The van der Waals surface area contributed by atoms with Gasteiger partial charge >= 0.3 is 0 Å². The van der Waals surface area contributed by atoms with E-state index in [1.807, 2.05) is 29.5 Å². The first-order chi connectivity index (χ1) is 28.7. The number of thiophene rings is 1. The lowest BCUT2D eigenvalue weighted by Crippen LogP contribution is -2.33. The van der Waals surface area contributed by atoms with Crippen molar-refractivity contribution in [2.75, 3.05) is 0 Å². The number of nitrogens with zero attached hydrogens (tertiary/aromatic N) is 5. The maximum atomic E-state index is 5.37. The number of hydrogen-bond donors (Lipinski definition) is 0. The lowest BCUT2D eigenvalue weighted by Gasteiger charge is -2.42. The smallest absolute Gasteiger partial charge is 0.238 e. The van der Waals surface area contributed by atoms with Crippen LogP contribution < -0.4 is 0 Å². The molecule has 4 aromatic heterocycles. The molecule has 0 N–H and O–H groups in total. The molecule has 0 amide bonds. The van der Waals surface area contributed by atoms with E-state index in [1.54, 1.807) is 0 Å². The van der Waals surface area contributed by atoms with Crippen LogP contribution in [0.15, 0.2) is 152 Å². The fourth-order valence-corrected chi connectivity index (χ4v) is 10.9. The predicted octanol–water partition coefficient (Wildman–Crippen LogP) is 14.1. The molecule has 11 aromatic rings. The zero-order chi connectivity index (χ0) is 39.6. The van der Waals surface area contributed by atoms with Crippen molar-refractivity contribution in [3.05, 3.63) is 163 Å². The second kappa shape index (κ2) is 12.4. The zero-order valence-corrected chi connectivity index (χ0v) is 34.3. The molecule has 1 aliphatic carbocycles. The molecular formula is C53H41N5S. The molecule has 0 saturated carbocycles. The quantitative estimate of drug-likeness (QED) is 0.179. The molecule has 0 atom stereocenters. The largest absolute Gasteiger partial charge is 0.309 e. The summed E-state index contributed by atoms with van der Waals surface area (Å²) in [6, 6.07) is 54.9. The molecule has 7 aromatic carbocycles. The lowest BCUT2D eigenvalue weighted by molar-refractivity contribution is 0.332. The van der Waals surface area contributed by atoms with E-state index in [-0.39, 0.29) is 10.8 Å². The van der Waals surface area contributed by atoms with E-state index >= 15 is 0 Å². The van der Waals surface area contributed by atoms with Crippen molar-refractivity contribution in [1.82, 2.24) is 24.1 Å². The Labute approximate surface area is 346 Å². The van der Waals surface area contributed by atoms with E-state index in [2.05, 4.69) is 170 Å². The van der Waals surface area contributed by atoms with Gasteiger partial charge in [0.2, 0.25) is 5.95 Å². The Morgan fingerprint density at radius 3 is 1.75 bits per heavy atom. The summed E-state index contributed by atoms with van der Waals surface area (Å²) in [7, 11) is 0. The first kappa shape index (κ1) is 34.4. The van der Waals surface area contributed by atoms with Crippen LogP contribution in [0.4, 0.5) is 0 Å². The van der Waals surface area contributed by atoms with Gasteiger partial charge in [-0.3, -0.25) is 4.57 Å². The molecule has 0 spiro atoms. The first-order valence-electron chi connectivity index (χ1n) is 20.6. The van der Waals surface area contributed by atoms with Gasteiger partial charge in [0.1, 0.15) is 0 Å². The summed E-state index contributed by atoms with van der Waals surface area (Å²) in [4.78, 5) is 15.8. The van der Waals surface area contributed by atoms with Gasteiger partial charge in [-0.05, 0) is 102 Å². The third-order valence-electron chi connectivity index (χ3n) is 13.0. The van der Waals surface area contributed by atoms with Crippen LogP contribution in [0, 0.1) is 0 Å². The number of aromatic nitrogens is 5. The van der Waals surface area contributed by atoms with Crippen LogP contribution in [0.1, 0.15) is 51.7 Å². The van der Waals surface area contributed by atoms with Crippen molar-refractivity contribution >= 4 is 75.1 Å². The molecule has 12 rings (SSSR count). The van der Waals surface area contributed by atoms with Crippen LogP contribution in [0.25, 0.3) is 98.2 Å². The van der Waals surface area contributed by atoms with E-state index in [0.29, 0.717) is 17.6 Å². The second-order valence-corrected chi connectivity index (χ2v) is 18.6. The van der Waals surface area contributed by atoms with Gasteiger partial charge in [0.25, 0.3) is 0 Å². The highest BCUT2D eigenvalue weighted by molar-refractivity contribution is 7.25. The molecule has 0 fully saturated rings. The minimum absolute atomic E-state index is 0.0760. The van der Waals surface area contributed by atoms with E-state index in [9.17, 15) is 0 Å². The zero-order valence-electron chi connectivity index (χ0n) is 33.5. The predicted molar refractivity (Wildman–Crippen MR) is 248 cm³/mol. The molecule has 0 bridgehead atoms. The molecule has 1 aliphatic rings. The molecule has 0 saturated heterocycles. The third-order valence-corrected chi connectivity index (χ3v) is 14.2. The minimum atomic E-state index is 0.0760. The van der Waals surface area contributed by atoms with Crippen molar-refractivity contribution in [1.29, 1.82) is 0 Å². The topological polar surface area (TPSA) is 48.5 Å². The van der Waals surface area contributed by atoms with Crippen LogP contribution in [0.3, 0.4) is 0 Å². The van der Waals surface area contributed by atoms with E-state index in [4.69, 9.17) is 15.0 Å². The van der Waals surface area contributed by atoms with Gasteiger partial charge in [-0.25, -0.2) is 4.98 Å². The van der Waals surface area contributed by atoms with Crippen LogP contribution in [-0.2, 0) is 10.8 Å². The number of fused-ring (bicyclic) bond motifs is 10. The summed E-state index contributed by atoms with van der Waals surface area (Å²) in [6.45, 7) is 9.67. The Morgan fingerprint density at radius 2 is 0.983 bits per heavy atom. The first-order valence-corrected chi connectivity index (χ1v) is 21.4. The summed E-state index contributed by atoms with van der Waals surface area (Å²) >= 11 is 1.82. The minimum Gasteiger partial charge on any atom is -0.309 e. The molecule has 284 valence electrons. The highest BCUT2D eigenvalue weighted by atomic mass is 32.1. The molecule has 6 heteroatoms. The molecule has 59 heavy (non-hydrogen) atoms. The van der Waals surface area contributed by atoms with Crippen molar-refractivity contribution in [2.45, 2.75) is 51.4 Å². The van der Waals surface area contributed by atoms with Crippen molar-refractivity contribution in [3.8, 4) is 34.4 Å². The Balaban J connectivity index is 1.17. The normalized spacial score (nSPS) is 14.9. The van der Waals surface area contributed by atoms with Gasteiger partial charge in [-0.2, -0.15) is 9.97 Å². The number of benzene rings is 7. The summed E-state index contributed by atoms with van der Waals surface area (Å²) in [5, 5.41) is 7.27. The van der Waals surface area contributed by atoms with Gasteiger partial charge in [-0.1, -0.05) is 113 Å². The lowest BCUT2D eigenvalue weighted by atomic mass is 9.63. The molecule has 5 nitrogen and oxygen atoms in total. The number of rotatable bonds is 4. The van der Waals surface area contributed by atoms with Crippen molar-refractivity contribution in [3.63, 3.8) is 0 Å². The van der Waals surface area contributed by atoms with E-state index in [1.165, 1.54) is 59.5 Å². The fraction of sp³-hybridized carbons (Fsp3) is 0.151. The number of hydrogen-bond acceptors (Lipinski definition) is 4. The van der Waals surface area contributed by atoms with Gasteiger partial charge in [-0.15, -0.1) is 11.3 Å². The molecule has 4 heterocycles. The highest BCUT2D eigenvalue weighted by Crippen LogP contribution is 2.49. The average molecular weight is 780 g/mol. The molecule has 0 unspecified atom stereocenters. The van der Waals surface area contributed by atoms with Gasteiger partial charge in [0.15, 0.2) is 11.6 Å². The third kappa shape index (κ3) is 5.19. The Morgan fingerprint density at radius 1 is 0.424 bits per heavy atom. The van der Waals surface area contributed by atoms with Gasteiger partial charge in [0, 0.05) is 58.5 Å². The Kier molecular flexibility index (Phi) is 7.25. The summed E-state index contributed by atoms with van der Waals surface area (Å²) < 4.78 is 7.27. The summed E-state index contributed by atoms with van der Waals surface area (Å²) in [6.07, 6.45) is 2.33. The van der Waals surface area contributed by atoms with Crippen LogP contribution in [-0.4, -0.2) is 24.1 Å². The summed E-state index contributed by atoms with van der Waals surface area (Å²) in [5.41, 5.74) is 10.7. The van der Waals surface area contributed by atoms with Crippen molar-refractivity contribution in [2.24, 2.45) is 0 Å². The molecule has 0 radical (unpaired) electrons. The average Bonchev–Trinajstić information content (AvgIpc) is 3.91. The van der Waals surface area contributed by atoms with Crippen LogP contribution >= 0.6 is 11.3 Å². The van der Waals surface area contributed by atoms with E-state index in [0.717, 1.165) is 45.0 Å². The Hall–Kier alpha value is -6.63. The van der Waals surface area contributed by atoms with Crippen molar-refractivity contribution < 1.29 is 0 Å². The Bertz CT molecular complexity index is 3500.